The number of carbonyl (C=O) groups excluding carboxylic acids is 2. The molecule has 0 aliphatic heterocycles. The number of rotatable bonds is 6. The molecule has 0 fully saturated rings. The maximum atomic E-state index is 13.0. The Hall–Kier alpha value is -3.78. The number of nitrogens with one attached hydrogen (secondary N) is 2. The first-order chi connectivity index (χ1) is 15.4. The van der Waals surface area contributed by atoms with Crippen LogP contribution in [0.3, 0.4) is 0 Å². The van der Waals surface area contributed by atoms with E-state index in [1.54, 1.807) is 36.4 Å². The van der Waals surface area contributed by atoms with E-state index < -0.39 is 11.9 Å². The highest BCUT2D eigenvalue weighted by atomic mass is 35.5. The molecule has 2 aromatic carbocycles. The van der Waals surface area contributed by atoms with Gasteiger partial charge in [0.05, 0.1) is 0 Å². The first-order valence-electron chi connectivity index (χ1n) is 10.00. The molecular weight excluding hydrogens is 428 g/mol. The molecule has 1 atom stereocenters. The first kappa shape index (κ1) is 21.5. The molecule has 4 rings (SSSR count). The second-order valence-electron chi connectivity index (χ2n) is 7.35. The predicted molar refractivity (Wildman–Crippen MR) is 120 cm³/mol. The Labute approximate surface area is 189 Å². The standard InChI is InChI=1S/C23H21ClN6O2/c1-14-12-15(2)30-23(26-14)28-20(29-30)22(32)27-19(17-6-4-3-5-7-17)21(31)25-13-16-8-10-18(24)11-9-16/h3-12,19H,13H2,1-2H3,(H,25,31)(H,27,32)/t19-/m0/s1. The highest BCUT2D eigenvalue weighted by Crippen LogP contribution is 2.15. The monoisotopic (exact) mass is 448 g/mol. The summed E-state index contributed by atoms with van der Waals surface area (Å²) in [5.41, 5.74) is 3.11. The molecule has 8 nitrogen and oxygen atoms in total. The van der Waals surface area contributed by atoms with Gasteiger partial charge in [-0.05, 0) is 43.2 Å². The van der Waals surface area contributed by atoms with Gasteiger partial charge in [-0.15, -0.1) is 5.10 Å². The smallest absolute Gasteiger partial charge is 0.291 e. The van der Waals surface area contributed by atoms with Crippen molar-refractivity contribution in [3.05, 3.63) is 94.0 Å². The fourth-order valence-corrected chi connectivity index (χ4v) is 3.42. The molecule has 0 radical (unpaired) electrons. The Balaban J connectivity index is 1.55. The molecule has 0 aliphatic rings. The van der Waals surface area contributed by atoms with Crippen LogP contribution in [0.25, 0.3) is 5.78 Å². The van der Waals surface area contributed by atoms with Crippen molar-refractivity contribution in [1.82, 2.24) is 30.2 Å². The second kappa shape index (κ2) is 9.15. The Kier molecular flexibility index (Phi) is 6.13. The van der Waals surface area contributed by atoms with Gasteiger partial charge in [0.15, 0.2) is 0 Å². The summed E-state index contributed by atoms with van der Waals surface area (Å²) in [6.45, 7) is 4.00. The van der Waals surface area contributed by atoms with Crippen molar-refractivity contribution >= 4 is 29.2 Å². The lowest BCUT2D eigenvalue weighted by molar-refractivity contribution is -0.123. The van der Waals surface area contributed by atoms with Crippen molar-refractivity contribution in [3.63, 3.8) is 0 Å². The van der Waals surface area contributed by atoms with Gasteiger partial charge in [-0.2, -0.15) is 4.98 Å². The lowest BCUT2D eigenvalue weighted by atomic mass is 10.1. The zero-order valence-electron chi connectivity index (χ0n) is 17.5. The molecule has 32 heavy (non-hydrogen) atoms. The van der Waals surface area contributed by atoms with Gasteiger partial charge in [-0.3, -0.25) is 9.59 Å². The van der Waals surface area contributed by atoms with Crippen LogP contribution in [0.2, 0.25) is 5.02 Å². The normalized spacial score (nSPS) is 11.8. The average Bonchev–Trinajstić information content (AvgIpc) is 3.22. The van der Waals surface area contributed by atoms with Gasteiger partial charge < -0.3 is 10.6 Å². The van der Waals surface area contributed by atoms with Gasteiger partial charge >= 0.3 is 0 Å². The quantitative estimate of drug-likeness (QED) is 0.471. The fraction of sp³-hybridized carbons (Fsp3) is 0.174. The largest absolute Gasteiger partial charge is 0.350 e. The van der Waals surface area contributed by atoms with Crippen LogP contribution in [0, 0.1) is 13.8 Å². The Morgan fingerprint density at radius 1 is 1.03 bits per heavy atom. The number of benzene rings is 2. The van der Waals surface area contributed by atoms with Gasteiger partial charge in [-0.1, -0.05) is 54.1 Å². The molecule has 0 bridgehead atoms. The molecule has 2 heterocycles. The summed E-state index contributed by atoms with van der Waals surface area (Å²) in [6, 6.07) is 17.1. The van der Waals surface area contributed by atoms with Crippen LogP contribution in [-0.2, 0) is 11.3 Å². The summed E-state index contributed by atoms with van der Waals surface area (Å²) in [7, 11) is 0. The SMILES string of the molecule is Cc1cc(C)n2nc(C(=O)N[C@H](C(=O)NCc3ccc(Cl)cc3)c3ccccc3)nc2n1. The van der Waals surface area contributed by atoms with Gasteiger partial charge in [0, 0.05) is 23.0 Å². The Morgan fingerprint density at radius 3 is 2.47 bits per heavy atom. The maximum absolute atomic E-state index is 13.0. The number of nitrogens with zero attached hydrogens (tertiary/aromatic N) is 4. The molecule has 4 aromatic rings. The van der Waals surface area contributed by atoms with E-state index in [4.69, 9.17) is 11.6 Å². The predicted octanol–water partition coefficient (Wildman–Crippen LogP) is 3.18. The van der Waals surface area contributed by atoms with Crippen molar-refractivity contribution in [2.75, 3.05) is 0 Å². The van der Waals surface area contributed by atoms with Crippen molar-refractivity contribution in [2.24, 2.45) is 0 Å². The molecule has 0 spiro atoms. The third-order valence-electron chi connectivity index (χ3n) is 4.87. The zero-order valence-corrected chi connectivity index (χ0v) is 18.3. The summed E-state index contributed by atoms with van der Waals surface area (Å²) in [4.78, 5) is 34.5. The molecule has 2 N–H and O–H groups in total. The molecule has 2 amide bonds. The van der Waals surface area contributed by atoms with Crippen LogP contribution in [0.1, 0.15) is 39.2 Å². The highest BCUT2D eigenvalue weighted by Gasteiger charge is 2.25. The van der Waals surface area contributed by atoms with E-state index in [0.717, 1.165) is 17.0 Å². The van der Waals surface area contributed by atoms with E-state index >= 15 is 0 Å². The van der Waals surface area contributed by atoms with Crippen molar-refractivity contribution in [3.8, 4) is 0 Å². The molecule has 9 heteroatoms. The summed E-state index contributed by atoms with van der Waals surface area (Å²) >= 11 is 5.92. The van der Waals surface area contributed by atoms with Gasteiger partial charge in [0.1, 0.15) is 6.04 Å². The number of aryl methyl sites for hydroxylation is 2. The van der Waals surface area contributed by atoms with E-state index in [-0.39, 0.29) is 11.7 Å². The molecule has 2 aromatic heterocycles. The Bertz CT molecular complexity index is 1270. The zero-order chi connectivity index (χ0) is 22.7. The first-order valence-corrected chi connectivity index (χ1v) is 10.4. The van der Waals surface area contributed by atoms with Crippen LogP contribution >= 0.6 is 11.6 Å². The number of halogens is 1. The van der Waals surface area contributed by atoms with Crippen LogP contribution < -0.4 is 10.6 Å². The highest BCUT2D eigenvalue weighted by molar-refractivity contribution is 6.30. The Morgan fingerprint density at radius 2 is 1.75 bits per heavy atom. The lowest BCUT2D eigenvalue weighted by Gasteiger charge is -2.18. The maximum Gasteiger partial charge on any atom is 0.291 e. The van der Waals surface area contributed by atoms with Crippen LogP contribution in [0.4, 0.5) is 0 Å². The molecule has 0 aliphatic carbocycles. The third kappa shape index (κ3) is 4.76. The number of hydrogen-bond donors (Lipinski definition) is 2. The van der Waals surface area contributed by atoms with Crippen LogP contribution in [0.15, 0.2) is 60.7 Å². The van der Waals surface area contributed by atoms with Crippen molar-refractivity contribution < 1.29 is 9.59 Å². The minimum atomic E-state index is -0.918. The molecule has 0 saturated carbocycles. The van der Waals surface area contributed by atoms with Crippen molar-refractivity contribution in [1.29, 1.82) is 0 Å². The van der Waals surface area contributed by atoms with Crippen LogP contribution in [-0.4, -0.2) is 31.4 Å². The van der Waals surface area contributed by atoms with E-state index in [9.17, 15) is 9.59 Å². The second-order valence-corrected chi connectivity index (χ2v) is 7.78. The summed E-state index contributed by atoms with van der Waals surface area (Å²) in [5, 5.41) is 10.5. The summed E-state index contributed by atoms with van der Waals surface area (Å²) in [6.07, 6.45) is 0. The van der Waals surface area contributed by atoms with E-state index in [0.29, 0.717) is 22.9 Å². The molecule has 0 saturated heterocycles. The number of amides is 2. The number of hydrogen-bond acceptors (Lipinski definition) is 5. The van der Waals surface area contributed by atoms with Gasteiger partial charge in [0.2, 0.25) is 11.7 Å². The van der Waals surface area contributed by atoms with Gasteiger partial charge in [-0.25, -0.2) is 9.50 Å². The topological polar surface area (TPSA) is 101 Å². The van der Waals surface area contributed by atoms with E-state index in [1.807, 2.05) is 38.1 Å². The van der Waals surface area contributed by atoms with Crippen LogP contribution in [0.5, 0.6) is 0 Å². The minimum Gasteiger partial charge on any atom is -0.350 e. The van der Waals surface area contributed by atoms with Crippen molar-refractivity contribution in [2.45, 2.75) is 26.4 Å². The van der Waals surface area contributed by atoms with E-state index in [2.05, 4.69) is 25.7 Å². The number of carbonyl (C=O) groups is 2. The fourth-order valence-electron chi connectivity index (χ4n) is 3.30. The lowest BCUT2D eigenvalue weighted by Crippen LogP contribution is -2.40. The summed E-state index contributed by atoms with van der Waals surface area (Å²) in [5.74, 6) is -0.648. The third-order valence-corrected chi connectivity index (χ3v) is 5.12. The average molecular weight is 449 g/mol. The molecule has 0 unspecified atom stereocenters. The molecular formula is C23H21ClN6O2. The van der Waals surface area contributed by atoms with Gasteiger partial charge in [0.25, 0.3) is 11.7 Å². The summed E-state index contributed by atoms with van der Waals surface area (Å²) < 4.78 is 1.50. The van der Waals surface area contributed by atoms with E-state index in [1.165, 1.54) is 4.52 Å². The number of fused-ring (bicyclic) bond motifs is 1. The minimum absolute atomic E-state index is 0.0577. The number of aromatic nitrogens is 4. The molecule has 162 valence electrons.